The quantitative estimate of drug-likeness (QED) is 0.802. The van der Waals surface area contributed by atoms with Gasteiger partial charge in [0.05, 0.1) is 13.2 Å². The maximum Gasteiger partial charge on any atom is 0.305 e. The molecule has 0 aliphatic heterocycles. The van der Waals surface area contributed by atoms with Crippen molar-refractivity contribution < 1.29 is 12.6 Å². The third-order valence-corrected chi connectivity index (χ3v) is 2.95. The molecule has 0 aliphatic carbocycles. The molecule has 0 spiro atoms. The van der Waals surface area contributed by atoms with Gasteiger partial charge in [-0.2, -0.15) is 4.21 Å². The summed E-state index contributed by atoms with van der Waals surface area (Å²) in [7, 11) is 0. The van der Waals surface area contributed by atoms with Crippen molar-refractivity contribution in [2.75, 3.05) is 0 Å². The maximum atomic E-state index is 11.5. The molecule has 2 aromatic rings. The van der Waals surface area contributed by atoms with Crippen molar-refractivity contribution in [3.8, 4) is 0 Å². The average molecular weight is 262 g/mol. The van der Waals surface area contributed by atoms with Crippen LogP contribution in [-0.4, -0.2) is 4.21 Å². The van der Waals surface area contributed by atoms with Crippen molar-refractivity contribution in [3.05, 3.63) is 71.8 Å². The highest BCUT2D eigenvalue weighted by Crippen LogP contribution is 2.06. The van der Waals surface area contributed by atoms with Gasteiger partial charge in [-0.05, 0) is 11.1 Å². The lowest BCUT2D eigenvalue weighted by Crippen LogP contribution is -2.02. The van der Waals surface area contributed by atoms with Gasteiger partial charge in [-0.1, -0.05) is 60.7 Å². The van der Waals surface area contributed by atoms with Gasteiger partial charge in [0, 0.05) is 0 Å². The van der Waals surface area contributed by atoms with Crippen LogP contribution in [-0.2, 0) is 32.9 Å². The molecule has 0 N–H and O–H groups in total. The molecule has 0 aliphatic rings. The largest absolute Gasteiger partial charge is 0.305 e. The molecule has 0 radical (unpaired) electrons. The lowest BCUT2D eigenvalue weighted by atomic mass is 10.2. The standard InChI is InChI=1S/C14H14O3S/c15-18(16-11-13-7-3-1-4-8-13)17-12-14-9-5-2-6-10-14/h1-10H,11-12H2. The fourth-order valence-electron chi connectivity index (χ4n) is 1.41. The highest BCUT2D eigenvalue weighted by molar-refractivity contribution is 7.75. The van der Waals surface area contributed by atoms with Crippen molar-refractivity contribution in [3.63, 3.8) is 0 Å². The Hall–Kier alpha value is -1.49. The summed E-state index contributed by atoms with van der Waals surface area (Å²) in [4.78, 5) is 0. The molecule has 94 valence electrons. The molecule has 0 bridgehead atoms. The van der Waals surface area contributed by atoms with Gasteiger partial charge in [-0.15, -0.1) is 0 Å². The molecule has 0 unspecified atom stereocenters. The molecular weight excluding hydrogens is 248 g/mol. The van der Waals surface area contributed by atoms with E-state index < -0.39 is 11.4 Å². The lowest BCUT2D eigenvalue weighted by Gasteiger charge is -2.04. The second-order valence-corrected chi connectivity index (χ2v) is 4.58. The molecule has 0 amide bonds. The van der Waals surface area contributed by atoms with Gasteiger partial charge in [-0.25, -0.2) is 0 Å². The zero-order chi connectivity index (χ0) is 12.6. The van der Waals surface area contributed by atoms with Crippen molar-refractivity contribution >= 4 is 11.4 Å². The Labute approximate surface area is 109 Å². The average Bonchev–Trinajstić information content (AvgIpc) is 2.45. The van der Waals surface area contributed by atoms with Crippen LogP contribution in [0.25, 0.3) is 0 Å². The fraction of sp³-hybridized carbons (Fsp3) is 0.143. The van der Waals surface area contributed by atoms with Gasteiger partial charge in [0.15, 0.2) is 0 Å². The van der Waals surface area contributed by atoms with E-state index in [4.69, 9.17) is 8.37 Å². The molecule has 0 atom stereocenters. The van der Waals surface area contributed by atoms with Crippen LogP contribution >= 0.6 is 0 Å². The summed E-state index contributed by atoms with van der Waals surface area (Å²) in [5, 5.41) is 0. The summed E-state index contributed by atoms with van der Waals surface area (Å²) in [6, 6.07) is 19.1. The summed E-state index contributed by atoms with van der Waals surface area (Å²) in [6.07, 6.45) is 0. The first-order chi connectivity index (χ1) is 8.84. The van der Waals surface area contributed by atoms with Gasteiger partial charge < -0.3 is 0 Å². The third-order valence-electron chi connectivity index (χ3n) is 2.33. The van der Waals surface area contributed by atoms with Gasteiger partial charge in [0.2, 0.25) is 0 Å². The van der Waals surface area contributed by atoms with Gasteiger partial charge >= 0.3 is 11.4 Å². The monoisotopic (exact) mass is 262 g/mol. The number of hydrogen-bond acceptors (Lipinski definition) is 3. The molecule has 0 saturated heterocycles. The maximum absolute atomic E-state index is 11.5. The summed E-state index contributed by atoms with van der Waals surface area (Å²) >= 11 is -1.72. The first-order valence-electron chi connectivity index (χ1n) is 5.61. The van der Waals surface area contributed by atoms with E-state index in [1.165, 1.54) is 0 Å². The van der Waals surface area contributed by atoms with Crippen LogP contribution in [0, 0.1) is 0 Å². The minimum absolute atomic E-state index is 0.280. The summed E-state index contributed by atoms with van der Waals surface area (Å²) in [5.74, 6) is 0. The van der Waals surface area contributed by atoms with Crippen molar-refractivity contribution in [1.82, 2.24) is 0 Å². The highest BCUT2D eigenvalue weighted by Gasteiger charge is 2.02. The van der Waals surface area contributed by atoms with Crippen molar-refractivity contribution in [2.45, 2.75) is 13.2 Å². The van der Waals surface area contributed by atoms with Crippen LogP contribution in [0.1, 0.15) is 11.1 Å². The van der Waals surface area contributed by atoms with Gasteiger partial charge in [0.1, 0.15) is 0 Å². The summed E-state index contributed by atoms with van der Waals surface area (Å²) < 4.78 is 21.7. The molecule has 0 saturated carbocycles. The number of rotatable bonds is 6. The first kappa shape index (κ1) is 13.0. The minimum atomic E-state index is -1.72. The third kappa shape index (κ3) is 4.41. The molecular formula is C14H14O3S. The van der Waals surface area contributed by atoms with E-state index in [1.807, 2.05) is 60.7 Å². The molecule has 2 aromatic carbocycles. The van der Waals surface area contributed by atoms with Crippen LogP contribution in [0.2, 0.25) is 0 Å². The van der Waals surface area contributed by atoms with E-state index in [9.17, 15) is 4.21 Å². The first-order valence-corrected chi connectivity index (χ1v) is 6.61. The van der Waals surface area contributed by atoms with Crippen LogP contribution in [0.5, 0.6) is 0 Å². The highest BCUT2D eigenvalue weighted by atomic mass is 32.2. The Balaban J connectivity index is 1.73. The smallest absolute Gasteiger partial charge is 0.264 e. The van der Waals surface area contributed by atoms with E-state index in [0.29, 0.717) is 0 Å². The zero-order valence-electron chi connectivity index (χ0n) is 9.82. The van der Waals surface area contributed by atoms with Crippen LogP contribution < -0.4 is 0 Å². The molecule has 0 aromatic heterocycles. The second-order valence-electron chi connectivity index (χ2n) is 3.70. The van der Waals surface area contributed by atoms with Gasteiger partial charge in [0.25, 0.3) is 0 Å². The molecule has 4 heteroatoms. The van der Waals surface area contributed by atoms with E-state index in [0.717, 1.165) is 11.1 Å². The van der Waals surface area contributed by atoms with E-state index in [2.05, 4.69) is 0 Å². The van der Waals surface area contributed by atoms with E-state index >= 15 is 0 Å². The van der Waals surface area contributed by atoms with Crippen LogP contribution in [0.15, 0.2) is 60.7 Å². The molecule has 0 fully saturated rings. The van der Waals surface area contributed by atoms with Gasteiger partial charge in [-0.3, -0.25) is 8.37 Å². The number of benzene rings is 2. The van der Waals surface area contributed by atoms with E-state index in [-0.39, 0.29) is 13.2 Å². The van der Waals surface area contributed by atoms with Crippen molar-refractivity contribution in [2.24, 2.45) is 0 Å². The molecule has 2 rings (SSSR count). The SMILES string of the molecule is O=S(OCc1ccccc1)OCc1ccccc1. The normalized spacial score (nSPS) is 10.7. The Morgan fingerprint density at radius 1 is 0.722 bits per heavy atom. The lowest BCUT2D eigenvalue weighted by molar-refractivity contribution is 0.236. The second kappa shape index (κ2) is 7.06. The van der Waals surface area contributed by atoms with Crippen LogP contribution in [0.3, 0.4) is 0 Å². The molecule has 3 nitrogen and oxygen atoms in total. The summed E-state index contributed by atoms with van der Waals surface area (Å²) in [5.41, 5.74) is 1.93. The Kier molecular flexibility index (Phi) is 5.08. The summed E-state index contributed by atoms with van der Waals surface area (Å²) in [6.45, 7) is 0.560. The Morgan fingerprint density at radius 3 is 1.50 bits per heavy atom. The van der Waals surface area contributed by atoms with E-state index in [1.54, 1.807) is 0 Å². The molecule has 0 heterocycles. The predicted octanol–water partition coefficient (Wildman–Crippen LogP) is 3.00. The molecule has 18 heavy (non-hydrogen) atoms. The zero-order valence-corrected chi connectivity index (χ0v) is 10.6. The minimum Gasteiger partial charge on any atom is -0.264 e. The van der Waals surface area contributed by atoms with Crippen molar-refractivity contribution in [1.29, 1.82) is 0 Å². The Morgan fingerprint density at radius 2 is 1.11 bits per heavy atom. The Bertz CT molecular complexity index is 439. The number of hydrogen-bond donors (Lipinski definition) is 0. The fourth-order valence-corrected chi connectivity index (χ4v) is 1.95. The van der Waals surface area contributed by atoms with Crippen LogP contribution in [0.4, 0.5) is 0 Å². The topological polar surface area (TPSA) is 35.5 Å². The predicted molar refractivity (Wildman–Crippen MR) is 70.6 cm³/mol.